The first-order valence-corrected chi connectivity index (χ1v) is 8.84. The van der Waals surface area contributed by atoms with E-state index in [4.69, 9.17) is 21.0 Å². The molecule has 2 amide bonds. The minimum atomic E-state index is -0.928. The fourth-order valence-corrected chi connectivity index (χ4v) is 3.22. The van der Waals surface area contributed by atoms with Crippen molar-refractivity contribution in [3.63, 3.8) is 0 Å². The lowest BCUT2D eigenvalue weighted by Crippen LogP contribution is -2.33. The Labute approximate surface area is 164 Å². The van der Waals surface area contributed by atoms with Crippen molar-refractivity contribution in [3.8, 4) is 11.3 Å². The van der Waals surface area contributed by atoms with Crippen LogP contribution in [0, 0.1) is 0 Å². The molecule has 0 saturated carbocycles. The molecule has 0 saturated heterocycles. The third-order valence-electron chi connectivity index (χ3n) is 4.35. The highest BCUT2D eigenvalue weighted by molar-refractivity contribution is 6.33. The molecule has 0 unspecified atom stereocenters. The van der Waals surface area contributed by atoms with Gasteiger partial charge in [-0.3, -0.25) is 9.59 Å². The summed E-state index contributed by atoms with van der Waals surface area (Å²) < 4.78 is 5.26. The lowest BCUT2D eigenvalue weighted by atomic mass is 10.1. The van der Waals surface area contributed by atoms with Crippen molar-refractivity contribution in [1.82, 2.24) is 10.2 Å². The van der Waals surface area contributed by atoms with Crippen molar-refractivity contribution in [2.75, 3.05) is 0 Å². The van der Waals surface area contributed by atoms with Crippen molar-refractivity contribution >= 4 is 29.4 Å². The van der Waals surface area contributed by atoms with E-state index >= 15 is 0 Å². The summed E-state index contributed by atoms with van der Waals surface area (Å²) in [6.45, 7) is 1.77. The van der Waals surface area contributed by atoms with Crippen LogP contribution < -0.4 is 0 Å². The van der Waals surface area contributed by atoms with Crippen LogP contribution >= 0.6 is 11.6 Å². The number of nitrogens with zero attached hydrogens (tertiary/aromatic N) is 2. The van der Waals surface area contributed by atoms with E-state index in [-0.39, 0.29) is 28.1 Å². The Balaban J connectivity index is 1.70. The zero-order valence-electron chi connectivity index (χ0n) is 14.6. The van der Waals surface area contributed by atoms with Crippen LogP contribution in [0.4, 0.5) is 0 Å². The number of rotatable bonds is 4. The summed E-state index contributed by atoms with van der Waals surface area (Å²) in [6, 6.07) is 13.0. The molecular weight excluding hydrogens is 384 g/mol. The quantitative estimate of drug-likeness (QED) is 0.621. The molecule has 1 aliphatic rings. The normalized spacial score (nSPS) is 13.0. The standard InChI is InChI=1S/C20H13ClN2O5/c1-2-15-16(17(22-27-15)13-9-5-6-10-14(13)21)20(26)28-23-18(24)11-7-3-4-8-12(11)19(23)25/h3-10H,2H2,1H3. The van der Waals surface area contributed by atoms with Crippen LogP contribution in [-0.4, -0.2) is 28.0 Å². The molecule has 2 aromatic carbocycles. The molecule has 140 valence electrons. The Morgan fingerprint density at radius 2 is 1.61 bits per heavy atom. The number of imide groups is 1. The summed E-state index contributed by atoms with van der Waals surface area (Å²) in [4.78, 5) is 42.9. The van der Waals surface area contributed by atoms with Crippen molar-refractivity contribution in [1.29, 1.82) is 0 Å². The summed E-state index contributed by atoms with van der Waals surface area (Å²) in [5, 5.41) is 4.77. The molecule has 0 atom stereocenters. The molecule has 3 aromatic rings. The summed E-state index contributed by atoms with van der Waals surface area (Å²) in [7, 11) is 0. The first-order valence-electron chi connectivity index (χ1n) is 8.46. The van der Waals surface area contributed by atoms with E-state index in [1.54, 1.807) is 43.3 Å². The lowest BCUT2D eigenvalue weighted by Gasteiger charge is -2.13. The monoisotopic (exact) mass is 396 g/mol. The van der Waals surface area contributed by atoms with Gasteiger partial charge in [0.05, 0.1) is 16.1 Å². The molecule has 0 aliphatic carbocycles. The topological polar surface area (TPSA) is 89.7 Å². The first kappa shape index (κ1) is 17.9. The van der Waals surface area contributed by atoms with Crippen LogP contribution in [0.3, 0.4) is 0 Å². The number of carbonyl (C=O) groups is 3. The molecule has 1 aliphatic heterocycles. The zero-order chi connectivity index (χ0) is 19.8. The molecule has 0 spiro atoms. The van der Waals surface area contributed by atoms with E-state index in [9.17, 15) is 14.4 Å². The van der Waals surface area contributed by atoms with Crippen molar-refractivity contribution in [2.24, 2.45) is 0 Å². The van der Waals surface area contributed by atoms with E-state index < -0.39 is 17.8 Å². The highest BCUT2D eigenvalue weighted by atomic mass is 35.5. The minimum Gasteiger partial charge on any atom is -0.360 e. The highest BCUT2D eigenvalue weighted by Crippen LogP contribution is 2.32. The fourth-order valence-electron chi connectivity index (χ4n) is 2.99. The molecule has 0 bridgehead atoms. The van der Waals surface area contributed by atoms with Gasteiger partial charge in [0.2, 0.25) is 0 Å². The number of hydroxylamine groups is 2. The highest BCUT2D eigenvalue weighted by Gasteiger charge is 2.40. The fraction of sp³-hybridized carbons (Fsp3) is 0.100. The van der Waals surface area contributed by atoms with Gasteiger partial charge in [-0.15, -0.1) is 0 Å². The van der Waals surface area contributed by atoms with Crippen molar-refractivity contribution in [2.45, 2.75) is 13.3 Å². The predicted octanol–water partition coefficient (Wildman–Crippen LogP) is 3.93. The predicted molar refractivity (Wildman–Crippen MR) is 98.7 cm³/mol. The number of hydrogen-bond acceptors (Lipinski definition) is 6. The van der Waals surface area contributed by atoms with Crippen LogP contribution in [-0.2, 0) is 11.3 Å². The second-order valence-electron chi connectivity index (χ2n) is 5.99. The van der Waals surface area contributed by atoms with Crippen molar-refractivity contribution < 1.29 is 23.7 Å². The van der Waals surface area contributed by atoms with Gasteiger partial charge >= 0.3 is 5.97 Å². The number of amides is 2. The third-order valence-corrected chi connectivity index (χ3v) is 4.68. The third kappa shape index (κ3) is 2.76. The van der Waals surface area contributed by atoms with Gasteiger partial charge < -0.3 is 9.36 Å². The molecule has 1 aromatic heterocycles. The van der Waals surface area contributed by atoms with E-state index in [0.29, 0.717) is 22.1 Å². The van der Waals surface area contributed by atoms with Gasteiger partial charge in [-0.2, -0.15) is 0 Å². The molecule has 28 heavy (non-hydrogen) atoms. The Bertz CT molecular complexity index is 1090. The van der Waals surface area contributed by atoms with Crippen LogP contribution in [0.25, 0.3) is 11.3 Å². The Morgan fingerprint density at radius 3 is 2.18 bits per heavy atom. The molecule has 0 N–H and O–H groups in total. The summed E-state index contributed by atoms with van der Waals surface area (Å²) >= 11 is 6.21. The SMILES string of the molecule is CCc1onc(-c2ccccc2Cl)c1C(=O)ON1C(=O)c2ccccc2C1=O. The Hall–Kier alpha value is -3.45. The first-order chi connectivity index (χ1) is 13.5. The van der Waals surface area contributed by atoms with Gasteiger partial charge in [0.25, 0.3) is 11.8 Å². The van der Waals surface area contributed by atoms with Gasteiger partial charge in [0.15, 0.2) is 5.76 Å². The molecule has 0 fully saturated rings. The van der Waals surface area contributed by atoms with Gasteiger partial charge in [0.1, 0.15) is 11.3 Å². The molecule has 4 rings (SSSR count). The number of fused-ring (bicyclic) bond motifs is 1. The average Bonchev–Trinajstić information content (AvgIpc) is 3.24. The van der Waals surface area contributed by atoms with Crippen LogP contribution in [0.5, 0.6) is 0 Å². The van der Waals surface area contributed by atoms with Crippen LogP contribution in [0.15, 0.2) is 53.1 Å². The maximum absolute atomic E-state index is 12.9. The number of benzene rings is 2. The molecule has 2 heterocycles. The number of aryl methyl sites for hydroxylation is 1. The molecule has 8 heteroatoms. The summed E-state index contributed by atoms with van der Waals surface area (Å²) in [5.41, 5.74) is 1.03. The summed E-state index contributed by atoms with van der Waals surface area (Å²) in [5.74, 6) is -2.08. The average molecular weight is 397 g/mol. The maximum atomic E-state index is 12.9. The smallest absolute Gasteiger partial charge is 0.360 e. The second kappa shape index (κ2) is 6.94. The number of aromatic nitrogens is 1. The Kier molecular flexibility index (Phi) is 4.44. The zero-order valence-corrected chi connectivity index (χ0v) is 15.4. The molecule has 7 nitrogen and oxygen atoms in total. The van der Waals surface area contributed by atoms with Crippen molar-refractivity contribution in [3.05, 3.63) is 76.0 Å². The van der Waals surface area contributed by atoms with Gasteiger partial charge in [-0.25, -0.2) is 4.79 Å². The number of hydrogen-bond donors (Lipinski definition) is 0. The van der Waals surface area contributed by atoms with E-state index in [0.717, 1.165) is 0 Å². The van der Waals surface area contributed by atoms with E-state index in [1.807, 2.05) is 0 Å². The number of carbonyl (C=O) groups excluding carboxylic acids is 3. The molecular formula is C20H13ClN2O5. The van der Waals surface area contributed by atoms with Gasteiger partial charge in [0, 0.05) is 12.0 Å². The van der Waals surface area contributed by atoms with E-state index in [2.05, 4.69) is 5.16 Å². The van der Waals surface area contributed by atoms with E-state index in [1.165, 1.54) is 12.1 Å². The minimum absolute atomic E-state index is 0.0205. The molecule has 0 radical (unpaired) electrons. The van der Waals surface area contributed by atoms with Gasteiger partial charge in [-0.1, -0.05) is 59.1 Å². The van der Waals surface area contributed by atoms with Crippen LogP contribution in [0.1, 0.15) is 43.8 Å². The number of halogens is 1. The van der Waals surface area contributed by atoms with Gasteiger partial charge in [-0.05, 0) is 18.2 Å². The second-order valence-corrected chi connectivity index (χ2v) is 6.40. The largest absolute Gasteiger partial charge is 0.369 e. The Morgan fingerprint density at radius 1 is 1.04 bits per heavy atom. The summed E-state index contributed by atoms with van der Waals surface area (Å²) in [6.07, 6.45) is 0.351. The van der Waals surface area contributed by atoms with Crippen LogP contribution in [0.2, 0.25) is 5.02 Å². The lowest BCUT2D eigenvalue weighted by molar-refractivity contribution is -0.0585. The maximum Gasteiger partial charge on any atom is 0.369 e.